The Morgan fingerprint density at radius 3 is 2.45 bits per heavy atom. The molecule has 1 rings (SSSR count). The third-order valence-corrected chi connectivity index (χ3v) is 6.83. The van der Waals surface area contributed by atoms with Gasteiger partial charge in [0.1, 0.15) is 0 Å². The minimum Gasteiger partial charge on any atom is -0.357 e. The van der Waals surface area contributed by atoms with E-state index in [2.05, 4.69) is 15.6 Å². The topological polar surface area (TPSA) is 87.6 Å². The lowest BCUT2D eigenvalue weighted by atomic mass is 10.3. The van der Waals surface area contributed by atoms with Gasteiger partial charge in [-0.25, -0.2) is 8.42 Å². The summed E-state index contributed by atoms with van der Waals surface area (Å²) in [7, 11) is -3.84. The molecule has 0 aliphatic carbocycles. The molecule has 132 valence electrons. The highest BCUT2D eigenvalue weighted by Gasteiger charge is 2.28. The van der Waals surface area contributed by atoms with Crippen LogP contribution >= 0.6 is 24.0 Å². The fourth-order valence-corrected chi connectivity index (χ4v) is 4.51. The second kappa shape index (κ2) is 9.41. The molecule has 9 heteroatoms. The molecule has 2 unspecified atom stereocenters. The van der Waals surface area contributed by atoms with Gasteiger partial charge in [-0.2, -0.15) is 0 Å². The summed E-state index contributed by atoms with van der Waals surface area (Å²) < 4.78 is 34.6. The maximum absolute atomic E-state index is 12.0. The minimum absolute atomic E-state index is 0. The predicted octanol–water partition coefficient (Wildman–Crippen LogP) is 0.894. The Morgan fingerprint density at radius 2 is 2.00 bits per heavy atom. The first kappa shape index (κ1) is 22.1. The van der Waals surface area contributed by atoms with E-state index in [1.165, 1.54) is 0 Å². The van der Waals surface area contributed by atoms with Crippen LogP contribution in [0.4, 0.5) is 0 Å². The number of hydrogen-bond acceptors (Lipinski definition) is 4. The lowest BCUT2D eigenvalue weighted by molar-refractivity contribution is 0.599. The van der Waals surface area contributed by atoms with Crippen LogP contribution in [0, 0.1) is 0 Å². The summed E-state index contributed by atoms with van der Waals surface area (Å²) in [4.78, 5) is 4.38. The van der Waals surface area contributed by atoms with E-state index < -0.39 is 20.6 Å². The largest absolute Gasteiger partial charge is 0.357 e. The average Bonchev–Trinajstić information content (AvgIpc) is 2.67. The molecule has 1 aliphatic heterocycles. The highest BCUT2D eigenvalue weighted by atomic mass is 127. The zero-order valence-electron chi connectivity index (χ0n) is 13.7. The van der Waals surface area contributed by atoms with Crippen molar-refractivity contribution in [2.45, 2.75) is 44.9 Å². The molecule has 0 bridgehead atoms. The van der Waals surface area contributed by atoms with E-state index in [1.54, 1.807) is 0 Å². The zero-order valence-corrected chi connectivity index (χ0v) is 17.7. The van der Waals surface area contributed by atoms with Gasteiger partial charge in [0, 0.05) is 33.9 Å². The van der Waals surface area contributed by atoms with Crippen LogP contribution in [0.3, 0.4) is 0 Å². The van der Waals surface area contributed by atoms with Gasteiger partial charge in [0.25, 0.3) is 0 Å². The molecule has 22 heavy (non-hydrogen) atoms. The van der Waals surface area contributed by atoms with Crippen molar-refractivity contribution in [2.75, 3.05) is 30.3 Å². The molecule has 2 atom stereocenters. The highest BCUT2D eigenvalue weighted by molar-refractivity contribution is 14.0. The normalized spacial score (nSPS) is 22.7. The monoisotopic (exact) mass is 465 g/mol. The number of hydrogen-bond donors (Lipinski definition) is 2. The molecule has 1 heterocycles. The molecule has 0 radical (unpaired) electrons. The number of rotatable bonds is 5. The van der Waals surface area contributed by atoms with Crippen LogP contribution in [0.5, 0.6) is 0 Å². The van der Waals surface area contributed by atoms with E-state index in [1.807, 2.05) is 27.7 Å². The molecule has 0 amide bonds. The van der Waals surface area contributed by atoms with Crippen LogP contribution < -0.4 is 10.6 Å². The van der Waals surface area contributed by atoms with Crippen LogP contribution in [0.2, 0.25) is 0 Å². The van der Waals surface area contributed by atoms with Crippen molar-refractivity contribution in [2.24, 2.45) is 4.99 Å². The van der Waals surface area contributed by atoms with Gasteiger partial charge in [0.15, 0.2) is 15.8 Å². The fourth-order valence-electron chi connectivity index (χ4n) is 1.97. The Labute approximate surface area is 153 Å². The molecule has 1 saturated heterocycles. The molecule has 0 aromatic heterocycles. The maximum Gasteiger partial charge on any atom is 0.191 e. The fraction of sp³-hybridized carbons (Fsp3) is 0.923. The smallest absolute Gasteiger partial charge is 0.191 e. The van der Waals surface area contributed by atoms with Gasteiger partial charge >= 0.3 is 0 Å². The minimum atomic E-state index is -2.90. The van der Waals surface area contributed by atoms with Crippen molar-refractivity contribution in [3.8, 4) is 0 Å². The first-order chi connectivity index (χ1) is 9.64. The Morgan fingerprint density at radius 1 is 1.36 bits per heavy atom. The van der Waals surface area contributed by atoms with Gasteiger partial charge in [0.2, 0.25) is 0 Å². The first-order valence-electron chi connectivity index (χ1n) is 7.28. The molecule has 0 aromatic rings. The Bertz CT molecular complexity index is 501. The summed E-state index contributed by atoms with van der Waals surface area (Å²) in [6.45, 7) is 8.95. The van der Waals surface area contributed by atoms with Gasteiger partial charge < -0.3 is 10.6 Å². The molecular weight excluding hydrogens is 437 g/mol. The quantitative estimate of drug-likeness (QED) is 0.358. The third-order valence-electron chi connectivity index (χ3n) is 3.15. The third kappa shape index (κ3) is 8.09. The summed E-state index contributed by atoms with van der Waals surface area (Å²) in [5, 5.41) is 6.24. The number of nitrogens with zero attached hydrogens (tertiary/aromatic N) is 1. The average molecular weight is 465 g/mol. The van der Waals surface area contributed by atoms with Gasteiger partial charge in [-0.3, -0.25) is 9.20 Å². The summed E-state index contributed by atoms with van der Waals surface area (Å²) in [6.07, 6.45) is 0.612. The predicted molar refractivity (Wildman–Crippen MR) is 104 cm³/mol. The van der Waals surface area contributed by atoms with Crippen LogP contribution in [0.1, 0.15) is 34.1 Å². The summed E-state index contributed by atoms with van der Waals surface area (Å²) in [5.41, 5.74) is 0. The van der Waals surface area contributed by atoms with Gasteiger partial charge in [0.05, 0.1) is 18.1 Å². The maximum atomic E-state index is 12.0. The number of guanidine groups is 1. The van der Waals surface area contributed by atoms with Crippen molar-refractivity contribution >= 4 is 50.6 Å². The van der Waals surface area contributed by atoms with E-state index in [0.717, 1.165) is 0 Å². The van der Waals surface area contributed by atoms with Crippen molar-refractivity contribution < 1.29 is 12.6 Å². The molecular formula is C13H28IN3O3S2. The molecule has 0 saturated carbocycles. The van der Waals surface area contributed by atoms with Gasteiger partial charge in [-0.05, 0) is 34.1 Å². The number of halogens is 1. The second-order valence-corrected chi connectivity index (χ2v) is 10.7. The molecule has 0 aromatic carbocycles. The number of sulfone groups is 1. The van der Waals surface area contributed by atoms with Crippen molar-refractivity contribution in [3.63, 3.8) is 0 Å². The van der Waals surface area contributed by atoms with E-state index in [9.17, 15) is 12.6 Å². The van der Waals surface area contributed by atoms with Gasteiger partial charge in [-0.15, -0.1) is 24.0 Å². The Balaban J connectivity index is 0.00000441. The lowest BCUT2D eigenvalue weighted by Crippen LogP contribution is -2.44. The summed E-state index contributed by atoms with van der Waals surface area (Å²) >= 11 is 0. The Kier molecular flexibility index (Phi) is 9.45. The first-order valence-corrected chi connectivity index (χ1v) is 10.4. The van der Waals surface area contributed by atoms with E-state index in [0.29, 0.717) is 31.2 Å². The van der Waals surface area contributed by atoms with Crippen LogP contribution in [-0.4, -0.2) is 59.7 Å². The van der Waals surface area contributed by atoms with Gasteiger partial charge in [-0.1, -0.05) is 0 Å². The van der Waals surface area contributed by atoms with Crippen molar-refractivity contribution in [1.82, 2.24) is 10.6 Å². The Hall–Kier alpha value is 0.1000. The molecule has 6 nitrogen and oxygen atoms in total. The lowest BCUT2D eigenvalue weighted by Gasteiger charge is -2.18. The zero-order chi connectivity index (χ0) is 16.1. The summed E-state index contributed by atoms with van der Waals surface area (Å²) in [6, 6.07) is -0.0825. The van der Waals surface area contributed by atoms with Crippen LogP contribution in [-0.2, 0) is 20.6 Å². The second-order valence-electron chi connectivity index (χ2n) is 6.17. The van der Waals surface area contributed by atoms with E-state index in [-0.39, 0.29) is 46.3 Å². The SMILES string of the molecule is CCNC(=NCCS(=O)C(C)(C)C)NC1CCS(=O)(=O)C1.I. The molecule has 0 spiro atoms. The highest BCUT2D eigenvalue weighted by Crippen LogP contribution is 2.12. The molecule has 1 aliphatic rings. The summed E-state index contributed by atoms with van der Waals surface area (Å²) in [5.74, 6) is 1.50. The molecule has 2 N–H and O–H groups in total. The van der Waals surface area contributed by atoms with E-state index in [4.69, 9.17) is 0 Å². The standard InChI is InChI=1S/C13H27N3O3S2.HI/c1-5-14-12(15-7-8-20(17)13(2,3)4)16-11-6-9-21(18,19)10-11;/h11H,5-10H2,1-4H3,(H2,14,15,16);1H. The molecule has 1 fully saturated rings. The van der Waals surface area contributed by atoms with Crippen molar-refractivity contribution in [3.05, 3.63) is 0 Å². The number of aliphatic imine (C=N–C) groups is 1. The van der Waals surface area contributed by atoms with E-state index >= 15 is 0 Å². The van der Waals surface area contributed by atoms with Crippen molar-refractivity contribution in [1.29, 1.82) is 0 Å². The van der Waals surface area contributed by atoms with Crippen LogP contribution in [0.25, 0.3) is 0 Å². The van der Waals surface area contributed by atoms with Crippen LogP contribution in [0.15, 0.2) is 4.99 Å². The number of nitrogens with one attached hydrogen (secondary N) is 2.